The molecule has 3 rings (SSSR count). The molecule has 1 aliphatic heterocycles. The Hall–Kier alpha value is -2.49. The monoisotopic (exact) mass is 271 g/mol. The molecule has 20 heavy (non-hydrogen) atoms. The highest BCUT2D eigenvalue weighted by Crippen LogP contribution is 2.38. The number of ether oxygens (including phenoxy) is 1. The van der Waals surface area contributed by atoms with E-state index < -0.39 is 5.82 Å². The molecular formula is C16H14FNO2. The largest absolute Gasteiger partial charge is 0.508 e. The van der Waals surface area contributed by atoms with Gasteiger partial charge in [0.15, 0.2) is 0 Å². The lowest BCUT2D eigenvalue weighted by Crippen LogP contribution is -2.10. The van der Waals surface area contributed by atoms with Gasteiger partial charge >= 0.3 is 0 Å². The van der Waals surface area contributed by atoms with E-state index in [-0.39, 0.29) is 11.4 Å². The quantitative estimate of drug-likeness (QED) is 0.781. The molecule has 0 radical (unpaired) electrons. The van der Waals surface area contributed by atoms with Gasteiger partial charge in [-0.3, -0.25) is 0 Å². The van der Waals surface area contributed by atoms with Crippen LogP contribution in [0.2, 0.25) is 0 Å². The standard InChI is InChI=1S/C16H14FNO2/c1-9-12-7-11(19)3-5-16(12)20-8-13(9)10-2-4-14(17)15(18)6-10/h2-7,19H,8,18H2,1H3. The molecule has 3 N–H and O–H groups in total. The van der Waals surface area contributed by atoms with Crippen molar-refractivity contribution < 1.29 is 14.2 Å². The summed E-state index contributed by atoms with van der Waals surface area (Å²) in [6.07, 6.45) is 0. The normalized spacial score (nSPS) is 13.9. The van der Waals surface area contributed by atoms with Gasteiger partial charge in [-0.25, -0.2) is 4.39 Å². The topological polar surface area (TPSA) is 55.5 Å². The fourth-order valence-electron chi connectivity index (χ4n) is 2.39. The maximum atomic E-state index is 13.2. The van der Waals surface area contributed by atoms with Crippen LogP contribution < -0.4 is 10.5 Å². The summed E-state index contributed by atoms with van der Waals surface area (Å²) in [7, 11) is 0. The van der Waals surface area contributed by atoms with Gasteiger partial charge in [0.05, 0.1) is 5.69 Å². The van der Waals surface area contributed by atoms with Crippen molar-refractivity contribution in [2.24, 2.45) is 0 Å². The van der Waals surface area contributed by atoms with Gasteiger partial charge in [0.1, 0.15) is 23.9 Å². The van der Waals surface area contributed by atoms with E-state index in [0.29, 0.717) is 6.61 Å². The summed E-state index contributed by atoms with van der Waals surface area (Å²) in [5.74, 6) is 0.493. The molecule has 2 aromatic carbocycles. The summed E-state index contributed by atoms with van der Waals surface area (Å²) in [4.78, 5) is 0. The van der Waals surface area contributed by atoms with Gasteiger partial charge in [-0.2, -0.15) is 0 Å². The van der Waals surface area contributed by atoms with Crippen molar-refractivity contribution in [2.75, 3.05) is 12.3 Å². The third-order valence-corrected chi connectivity index (χ3v) is 3.54. The molecule has 0 unspecified atom stereocenters. The number of hydrogen-bond donors (Lipinski definition) is 2. The minimum Gasteiger partial charge on any atom is -0.508 e. The van der Waals surface area contributed by atoms with Gasteiger partial charge in [-0.1, -0.05) is 6.07 Å². The van der Waals surface area contributed by atoms with Crippen LogP contribution in [0.1, 0.15) is 18.1 Å². The van der Waals surface area contributed by atoms with Crippen LogP contribution in [0.5, 0.6) is 11.5 Å². The van der Waals surface area contributed by atoms with Gasteiger partial charge < -0.3 is 15.6 Å². The molecule has 0 spiro atoms. The Labute approximate surface area is 116 Å². The van der Waals surface area contributed by atoms with Crippen LogP contribution in [0.25, 0.3) is 11.1 Å². The molecule has 0 aliphatic carbocycles. The summed E-state index contributed by atoms with van der Waals surface area (Å²) >= 11 is 0. The predicted octanol–water partition coefficient (Wildman–Crippen LogP) is 3.44. The van der Waals surface area contributed by atoms with E-state index in [2.05, 4.69) is 0 Å². The second-order valence-corrected chi connectivity index (χ2v) is 4.81. The lowest BCUT2D eigenvalue weighted by Gasteiger charge is -2.23. The maximum absolute atomic E-state index is 13.2. The summed E-state index contributed by atoms with van der Waals surface area (Å²) in [5.41, 5.74) is 9.33. The SMILES string of the molecule is CC1=C(c2ccc(F)c(N)c2)COc2ccc(O)cc21. The van der Waals surface area contributed by atoms with Crippen molar-refractivity contribution in [2.45, 2.75) is 6.92 Å². The molecule has 1 heterocycles. The van der Waals surface area contributed by atoms with Crippen molar-refractivity contribution in [3.05, 3.63) is 53.3 Å². The molecular weight excluding hydrogens is 257 g/mol. The zero-order valence-corrected chi connectivity index (χ0v) is 11.0. The highest BCUT2D eigenvalue weighted by atomic mass is 19.1. The smallest absolute Gasteiger partial charge is 0.146 e. The zero-order chi connectivity index (χ0) is 14.3. The van der Waals surface area contributed by atoms with Crippen LogP contribution in [-0.2, 0) is 0 Å². The second kappa shape index (κ2) is 4.56. The summed E-state index contributed by atoms with van der Waals surface area (Å²) in [5, 5.41) is 9.60. The number of halogens is 1. The number of anilines is 1. The first-order chi connectivity index (χ1) is 9.56. The fraction of sp³-hybridized carbons (Fsp3) is 0.125. The molecule has 4 heteroatoms. The van der Waals surface area contributed by atoms with Crippen LogP contribution in [0.15, 0.2) is 36.4 Å². The molecule has 0 fully saturated rings. The Bertz CT molecular complexity index is 722. The summed E-state index contributed by atoms with van der Waals surface area (Å²) in [6.45, 7) is 2.35. The number of aromatic hydroxyl groups is 1. The molecule has 0 bridgehead atoms. The maximum Gasteiger partial charge on any atom is 0.146 e. The van der Waals surface area contributed by atoms with Crippen LogP contribution in [0.3, 0.4) is 0 Å². The second-order valence-electron chi connectivity index (χ2n) is 4.81. The number of phenols is 1. The average molecular weight is 271 g/mol. The van der Waals surface area contributed by atoms with Crippen LogP contribution in [0.4, 0.5) is 10.1 Å². The third-order valence-electron chi connectivity index (χ3n) is 3.54. The van der Waals surface area contributed by atoms with Crippen molar-refractivity contribution in [3.8, 4) is 11.5 Å². The van der Waals surface area contributed by atoms with E-state index in [0.717, 1.165) is 28.0 Å². The Morgan fingerprint density at radius 3 is 2.75 bits per heavy atom. The molecule has 0 saturated heterocycles. The molecule has 0 saturated carbocycles. The van der Waals surface area contributed by atoms with E-state index in [9.17, 15) is 9.50 Å². The molecule has 2 aromatic rings. The number of rotatable bonds is 1. The van der Waals surface area contributed by atoms with E-state index in [1.807, 2.05) is 6.92 Å². The lowest BCUT2D eigenvalue weighted by molar-refractivity contribution is 0.363. The molecule has 0 amide bonds. The number of nitrogen functional groups attached to an aromatic ring is 1. The number of phenolic OH excluding ortho intramolecular Hbond substituents is 1. The summed E-state index contributed by atoms with van der Waals surface area (Å²) in [6, 6.07) is 9.63. The summed E-state index contributed by atoms with van der Waals surface area (Å²) < 4.78 is 18.9. The highest BCUT2D eigenvalue weighted by molar-refractivity contribution is 5.94. The molecule has 0 atom stereocenters. The van der Waals surface area contributed by atoms with Gasteiger partial charge in [-0.05, 0) is 48.4 Å². The Morgan fingerprint density at radius 2 is 2.00 bits per heavy atom. The molecule has 1 aliphatic rings. The first-order valence-electron chi connectivity index (χ1n) is 6.27. The van der Waals surface area contributed by atoms with E-state index in [1.165, 1.54) is 6.07 Å². The molecule has 102 valence electrons. The van der Waals surface area contributed by atoms with Crippen molar-refractivity contribution in [1.29, 1.82) is 0 Å². The number of nitrogens with two attached hydrogens (primary N) is 1. The fourth-order valence-corrected chi connectivity index (χ4v) is 2.39. The minimum atomic E-state index is -0.429. The van der Waals surface area contributed by atoms with Gasteiger partial charge in [0.2, 0.25) is 0 Å². The predicted molar refractivity (Wildman–Crippen MR) is 76.9 cm³/mol. The van der Waals surface area contributed by atoms with Crippen LogP contribution >= 0.6 is 0 Å². The van der Waals surface area contributed by atoms with E-state index in [4.69, 9.17) is 10.5 Å². The number of fused-ring (bicyclic) bond motifs is 1. The Kier molecular flexibility index (Phi) is 2.86. The van der Waals surface area contributed by atoms with Crippen molar-refractivity contribution >= 4 is 16.8 Å². The van der Waals surface area contributed by atoms with Crippen LogP contribution in [-0.4, -0.2) is 11.7 Å². The zero-order valence-electron chi connectivity index (χ0n) is 11.0. The first-order valence-corrected chi connectivity index (χ1v) is 6.27. The Balaban J connectivity index is 2.14. The molecule has 0 aromatic heterocycles. The van der Waals surface area contributed by atoms with E-state index in [1.54, 1.807) is 30.3 Å². The third kappa shape index (κ3) is 1.99. The number of hydrogen-bond acceptors (Lipinski definition) is 3. The first kappa shape index (κ1) is 12.5. The number of benzene rings is 2. The Morgan fingerprint density at radius 1 is 1.20 bits per heavy atom. The van der Waals surface area contributed by atoms with Crippen LogP contribution in [0, 0.1) is 5.82 Å². The minimum absolute atomic E-state index is 0.115. The van der Waals surface area contributed by atoms with Gasteiger partial charge in [0.25, 0.3) is 0 Å². The lowest BCUT2D eigenvalue weighted by atomic mass is 9.93. The van der Waals surface area contributed by atoms with E-state index >= 15 is 0 Å². The van der Waals surface area contributed by atoms with Gasteiger partial charge in [0, 0.05) is 11.1 Å². The average Bonchev–Trinajstić information content (AvgIpc) is 2.43. The number of allylic oxidation sites excluding steroid dienone is 1. The highest BCUT2D eigenvalue weighted by Gasteiger charge is 2.19. The van der Waals surface area contributed by atoms with Crippen molar-refractivity contribution in [1.82, 2.24) is 0 Å². The van der Waals surface area contributed by atoms with Gasteiger partial charge in [-0.15, -0.1) is 0 Å². The van der Waals surface area contributed by atoms with Crippen molar-refractivity contribution in [3.63, 3.8) is 0 Å². The molecule has 3 nitrogen and oxygen atoms in total.